The highest BCUT2D eigenvalue weighted by molar-refractivity contribution is 9.11. The summed E-state index contributed by atoms with van der Waals surface area (Å²) in [5, 5.41) is 8.25. The molecule has 1 saturated heterocycles. The summed E-state index contributed by atoms with van der Waals surface area (Å²) in [6.07, 6.45) is 3.76. The van der Waals surface area contributed by atoms with Crippen molar-refractivity contribution in [3.63, 3.8) is 0 Å². The predicted octanol–water partition coefficient (Wildman–Crippen LogP) is 2.71. The molecule has 7 heteroatoms. The second-order valence-electron chi connectivity index (χ2n) is 3.22. The van der Waals surface area contributed by atoms with Crippen LogP contribution in [0.4, 0.5) is 0 Å². The first-order valence-corrected chi connectivity index (χ1v) is 7.68. The fraction of sp³-hybridized carbons (Fsp3) is 0.400. The Morgan fingerprint density at radius 3 is 2.59 bits per heavy atom. The second-order valence-corrected chi connectivity index (χ2v) is 6.32. The minimum absolute atomic E-state index is 0.184. The number of hydrogen-bond acceptors (Lipinski definition) is 6. The average molecular weight is 334 g/mol. The molecule has 0 aromatic carbocycles. The van der Waals surface area contributed by atoms with Gasteiger partial charge in [0, 0.05) is 36.2 Å². The van der Waals surface area contributed by atoms with Gasteiger partial charge in [0.2, 0.25) is 0 Å². The van der Waals surface area contributed by atoms with E-state index >= 15 is 0 Å². The monoisotopic (exact) mass is 333 g/mol. The molecule has 92 valence electrons. The summed E-state index contributed by atoms with van der Waals surface area (Å²) >= 11 is 6.43. The van der Waals surface area contributed by atoms with Crippen LogP contribution in [-0.4, -0.2) is 29.7 Å². The highest BCUT2D eigenvalue weighted by Crippen LogP contribution is 2.19. The van der Waals surface area contributed by atoms with E-state index in [-0.39, 0.29) is 6.10 Å². The van der Waals surface area contributed by atoms with Gasteiger partial charge in [-0.3, -0.25) is 0 Å². The van der Waals surface area contributed by atoms with Crippen LogP contribution in [0.3, 0.4) is 0 Å². The quantitative estimate of drug-likeness (QED) is 0.871. The number of ether oxygens (including phenoxy) is 1. The Hall–Kier alpha value is -0.340. The minimum atomic E-state index is 0.184. The molecule has 1 aliphatic heterocycles. The number of rotatable bonds is 1. The molecule has 1 fully saturated rings. The molecular weight excluding hydrogens is 322 g/mol. The normalized spacial score (nSPS) is 19.5. The lowest BCUT2D eigenvalue weighted by Crippen LogP contribution is -2.33. The molecule has 0 amide bonds. The van der Waals surface area contributed by atoms with E-state index in [1.165, 1.54) is 0 Å². The van der Waals surface area contributed by atoms with E-state index in [0.717, 1.165) is 28.6 Å². The van der Waals surface area contributed by atoms with Crippen LogP contribution < -0.4 is 5.32 Å². The van der Waals surface area contributed by atoms with Crippen molar-refractivity contribution < 1.29 is 4.74 Å². The Morgan fingerprint density at radius 1 is 1.29 bits per heavy atom. The third kappa shape index (κ3) is 4.44. The first-order valence-electron chi connectivity index (χ1n) is 5.13. The minimum Gasteiger partial charge on any atom is -0.368 e. The van der Waals surface area contributed by atoms with Crippen molar-refractivity contribution in [1.82, 2.24) is 15.3 Å². The molecule has 1 aliphatic rings. The van der Waals surface area contributed by atoms with Crippen LogP contribution in [-0.2, 0) is 4.74 Å². The van der Waals surface area contributed by atoms with E-state index in [9.17, 15) is 0 Å². The Labute approximate surface area is 116 Å². The lowest BCUT2D eigenvalue weighted by atomic mass is 10.3. The van der Waals surface area contributed by atoms with Crippen molar-refractivity contribution in [3.05, 3.63) is 32.1 Å². The molecule has 4 nitrogen and oxygen atoms in total. The molecular formula is C10H12BrN3OS2. The summed E-state index contributed by atoms with van der Waals surface area (Å²) in [4.78, 5) is 8.05. The Kier molecular flexibility index (Phi) is 5.53. The van der Waals surface area contributed by atoms with Gasteiger partial charge < -0.3 is 10.1 Å². The molecule has 0 radical (unpaired) electrons. The third-order valence-corrected chi connectivity index (χ3v) is 4.25. The fourth-order valence-electron chi connectivity index (χ4n) is 1.32. The molecule has 0 saturated carbocycles. The lowest BCUT2D eigenvalue weighted by molar-refractivity contribution is 0.0275. The Balaban J connectivity index is 0.000000153. The summed E-state index contributed by atoms with van der Waals surface area (Å²) < 4.78 is 6.45. The number of morpholine rings is 1. The van der Waals surface area contributed by atoms with Gasteiger partial charge in [0.05, 0.1) is 6.61 Å². The zero-order chi connectivity index (χ0) is 11.9. The van der Waals surface area contributed by atoms with Gasteiger partial charge in [0.15, 0.2) is 3.92 Å². The van der Waals surface area contributed by atoms with E-state index in [2.05, 4.69) is 31.2 Å². The number of halogens is 1. The average Bonchev–Trinajstić information content (AvgIpc) is 3.03. The molecule has 3 heterocycles. The molecule has 1 unspecified atom stereocenters. The number of nitrogens with one attached hydrogen (secondary N) is 1. The molecule has 2 aromatic heterocycles. The zero-order valence-electron chi connectivity index (χ0n) is 9.01. The van der Waals surface area contributed by atoms with Crippen molar-refractivity contribution in [2.24, 2.45) is 0 Å². The maximum absolute atomic E-state index is 5.51. The van der Waals surface area contributed by atoms with Crippen LogP contribution in [0.5, 0.6) is 0 Å². The summed E-state index contributed by atoms with van der Waals surface area (Å²) in [7, 11) is 0. The first-order chi connectivity index (χ1) is 8.36. The van der Waals surface area contributed by atoms with Crippen LogP contribution in [0.1, 0.15) is 11.1 Å². The summed E-state index contributed by atoms with van der Waals surface area (Å²) in [6, 6.07) is 0. The van der Waals surface area contributed by atoms with Gasteiger partial charge in [-0.05, 0) is 15.9 Å². The van der Waals surface area contributed by atoms with E-state index in [1.807, 2.05) is 17.0 Å². The zero-order valence-corrected chi connectivity index (χ0v) is 12.2. The topological polar surface area (TPSA) is 47.0 Å². The Morgan fingerprint density at radius 2 is 2.12 bits per heavy atom. The molecule has 2 aromatic rings. The molecule has 1 atom stereocenters. The molecule has 0 aliphatic carbocycles. The van der Waals surface area contributed by atoms with Gasteiger partial charge in [-0.15, -0.1) is 22.7 Å². The van der Waals surface area contributed by atoms with Gasteiger partial charge in [0.1, 0.15) is 11.1 Å². The first kappa shape index (κ1) is 13.1. The highest BCUT2D eigenvalue weighted by Gasteiger charge is 2.16. The summed E-state index contributed by atoms with van der Waals surface area (Å²) in [6.45, 7) is 2.65. The van der Waals surface area contributed by atoms with Gasteiger partial charge in [-0.25, -0.2) is 9.97 Å². The van der Waals surface area contributed by atoms with Crippen LogP contribution in [0.2, 0.25) is 0 Å². The number of thiazole rings is 2. The van der Waals surface area contributed by atoms with E-state index in [1.54, 1.807) is 28.9 Å². The molecule has 3 rings (SSSR count). The molecule has 17 heavy (non-hydrogen) atoms. The van der Waals surface area contributed by atoms with Crippen molar-refractivity contribution in [3.8, 4) is 0 Å². The maximum atomic E-state index is 5.51. The second kappa shape index (κ2) is 7.17. The standard InChI is InChI=1S/C7H10N2OS.C3H2BrNS/c1-3-10-6(5-8-1)7-9-2-4-11-7;4-3-5-1-2-6-3/h2,4,6,8H,1,3,5H2;1-2H. The predicted molar refractivity (Wildman–Crippen MR) is 73.5 cm³/mol. The third-order valence-electron chi connectivity index (χ3n) is 2.06. The molecule has 0 spiro atoms. The highest BCUT2D eigenvalue weighted by atomic mass is 79.9. The van der Waals surface area contributed by atoms with Crippen molar-refractivity contribution in [2.75, 3.05) is 19.7 Å². The van der Waals surface area contributed by atoms with Gasteiger partial charge in [-0.2, -0.15) is 0 Å². The van der Waals surface area contributed by atoms with Crippen LogP contribution >= 0.6 is 38.6 Å². The van der Waals surface area contributed by atoms with Crippen molar-refractivity contribution in [2.45, 2.75) is 6.10 Å². The van der Waals surface area contributed by atoms with Crippen LogP contribution in [0, 0.1) is 0 Å². The van der Waals surface area contributed by atoms with Gasteiger partial charge >= 0.3 is 0 Å². The number of aromatic nitrogens is 2. The molecule has 1 N–H and O–H groups in total. The van der Waals surface area contributed by atoms with Gasteiger partial charge in [0.25, 0.3) is 0 Å². The number of hydrogen-bond donors (Lipinski definition) is 1. The lowest BCUT2D eigenvalue weighted by Gasteiger charge is -2.21. The van der Waals surface area contributed by atoms with Crippen LogP contribution in [0.25, 0.3) is 0 Å². The fourth-order valence-corrected chi connectivity index (χ4v) is 2.81. The maximum Gasteiger partial charge on any atom is 0.159 e. The van der Waals surface area contributed by atoms with Gasteiger partial charge in [-0.1, -0.05) is 0 Å². The smallest absolute Gasteiger partial charge is 0.159 e. The van der Waals surface area contributed by atoms with Crippen molar-refractivity contribution >= 4 is 38.6 Å². The van der Waals surface area contributed by atoms with Crippen LogP contribution in [0.15, 0.2) is 27.1 Å². The van der Waals surface area contributed by atoms with Crippen molar-refractivity contribution in [1.29, 1.82) is 0 Å². The van der Waals surface area contributed by atoms with E-state index in [4.69, 9.17) is 4.74 Å². The Bertz CT molecular complexity index is 401. The summed E-state index contributed by atoms with van der Waals surface area (Å²) in [5.41, 5.74) is 0. The molecule has 0 bridgehead atoms. The van der Waals surface area contributed by atoms with E-state index < -0.39 is 0 Å². The summed E-state index contributed by atoms with van der Waals surface area (Å²) in [5.74, 6) is 0. The largest absolute Gasteiger partial charge is 0.368 e. The van der Waals surface area contributed by atoms with E-state index in [0.29, 0.717) is 0 Å². The number of nitrogens with zero attached hydrogens (tertiary/aromatic N) is 2. The SMILES string of the molecule is Brc1nccs1.c1csc(C2CNCCO2)n1.